The van der Waals surface area contributed by atoms with Gasteiger partial charge < -0.3 is 14.6 Å². The number of benzene rings is 1. The van der Waals surface area contributed by atoms with Crippen LogP contribution in [0.15, 0.2) is 45.9 Å². The van der Waals surface area contributed by atoms with Gasteiger partial charge >= 0.3 is 0 Å². The van der Waals surface area contributed by atoms with Crippen molar-refractivity contribution in [2.24, 2.45) is 0 Å². The van der Waals surface area contributed by atoms with Crippen LogP contribution >= 0.6 is 11.6 Å². The molecule has 0 radical (unpaired) electrons. The van der Waals surface area contributed by atoms with Crippen molar-refractivity contribution in [2.45, 2.75) is 11.1 Å². The van der Waals surface area contributed by atoms with E-state index in [1.807, 2.05) is 18.2 Å². The fraction of sp³-hybridized carbons (Fsp3) is 0.312. The average molecular weight is 384 g/mol. The fourth-order valence-electron chi connectivity index (χ4n) is 2.78. The van der Waals surface area contributed by atoms with E-state index in [2.05, 4.69) is 10.0 Å². The second-order valence-electron chi connectivity index (χ2n) is 5.60. The Bertz CT molecular complexity index is 881. The molecule has 134 valence electrons. The van der Waals surface area contributed by atoms with Gasteiger partial charge in [0.25, 0.3) is 15.9 Å². The molecule has 25 heavy (non-hydrogen) atoms. The predicted molar refractivity (Wildman–Crippen MR) is 93.1 cm³/mol. The van der Waals surface area contributed by atoms with Crippen LogP contribution in [0.4, 0.5) is 0 Å². The van der Waals surface area contributed by atoms with Crippen LogP contribution in [0, 0.1) is 0 Å². The lowest BCUT2D eigenvalue weighted by atomic mass is 10.0. The number of sulfonamides is 1. The minimum Gasteiger partial charge on any atom is -0.438 e. The lowest BCUT2D eigenvalue weighted by molar-refractivity contribution is 0.0596. The number of hydrogen-bond donors (Lipinski definition) is 2. The summed E-state index contributed by atoms with van der Waals surface area (Å²) in [6, 6.07) is 9.77. The van der Waals surface area contributed by atoms with Crippen molar-refractivity contribution in [1.82, 2.24) is 14.9 Å². The van der Waals surface area contributed by atoms with Gasteiger partial charge in [0, 0.05) is 24.7 Å². The van der Waals surface area contributed by atoms with Crippen LogP contribution in [-0.2, 0) is 10.0 Å². The number of nitrogens with zero attached hydrogens (tertiary/aromatic N) is 1. The van der Waals surface area contributed by atoms with E-state index in [0.717, 1.165) is 5.56 Å². The number of furan rings is 1. The highest BCUT2D eigenvalue weighted by Crippen LogP contribution is 2.27. The zero-order valence-corrected chi connectivity index (χ0v) is 15.1. The Morgan fingerprint density at radius 1 is 1.36 bits per heavy atom. The topological polar surface area (TPSA) is 91.7 Å². The van der Waals surface area contributed by atoms with Gasteiger partial charge in [0.15, 0.2) is 5.76 Å². The third-order valence-electron chi connectivity index (χ3n) is 4.06. The summed E-state index contributed by atoms with van der Waals surface area (Å²) >= 11 is 6.06. The number of rotatable bonds is 4. The lowest BCUT2D eigenvalue weighted by Gasteiger charge is -2.36. The molecule has 2 aromatic rings. The molecule has 9 heteroatoms. The maximum Gasteiger partial charge on any atom is 0.290 e. The Morgan fingerprint density at radius 3 is 2.88 bits per heavy atom. The van der Waals surface area contributed by atoms with E-state index in [9.17, 15) is 13.2 Å². The van der Waals surface area contributed by atoms with E-state index in [1.165, 1.54) is 19.2 Å². The third kappa shape index (κ3) is 3.72. The standard InChI is InChI=1S/C16H18ClN3O4S/c1-18-25(22,23)15-6-5-14(24-15)16(21)20-8-7-19-10-13(20)11-3-2-4-12(17)9-11/h2-6,9,13,18-19H,7-8,10H2,1H3. The van der Waals surface area contributed by atoms with Gasteiger partial charge in [-0.3, -0.25) is 4.79 Å². The molecule has 3 rings (SSSR count). The van der Waals surface area contributed by atoms with Crippen LogP contribution < -0.4 is 10.0 Å². The molecule has 0 spiro atoms. The molecule has 1 aliphatic rings. The fourth-order valence-corrected chi connectivity index (χ4v) is 3.63. The Balaban J connectivity index is 1.89. The van der Waals surface area contributed by atoms with Crippen molar-refractivity contribution in [1.29, 1.82) is 0 Å². The lowest BCUT2D eigenvalue weighted by Crippen LogP contribution is -2.48. The number of amides is 1. The quantitative estimate of drug-likeness (QED) is 0.837. The second kappa shape index (κ2) is 7.17. The number of nitrogens with one attached hydrogen (secondary N) is 2. The van der Waals surface area contributed by atoms with Gasteiger partial charge in [-0.25, -0.2) is 13.1 Å². The van der Waals surface area contributed by atoms with Crippen LogP contribution in [0.5, 0.6) is 0 Å². The Morgan fingerprint density at radius 2 is 2.16 bits per heavy atom. The van der Waals surface area contributed by atoms with Crippen molar-refractivity contribution in [3.63, 3.8) is 0 Å². The van der Waals surface area contributed by atoms with Crippen LogP contribution in [0.3, 0.4) is 0 Å². The van der Waals surface area contributed by atoms with E-state index in [0.29, 0.717) is 24.7 Å². The van der Waals surface area contributed by atoms with Gasteiger partial charge in [0.05, 0.1) is 6.04 Å². The minimum atomic E-state index is -3.73. The molecule has 2 N–H and O–H groups in total. The molecule has 0 saturated carbocycles. The van der Waals surface area contributed by atoms with Crippen molar-refractivity contribution in [3.05, 3.63) is 52.7 Å². The average Bonchev–Trinajstić information content (AvgIpc) is 3.12. The van der Waals surface area contributed by atoms with E-state index < -0.39 is 10.0 Å². The number of hydrogen-bond acceptors (Lipinski definition) is 5. The van der Waals surface area contributed by atoms with Gasteiger partial charge in [-0.05, 0) is 36.9 Å². The smallest absolute Gasteiger partial charge is 0.290 e. The molecule has 1 atom stereocenters. The predicted octanol–water partition coefficient (Wildman–Crippen LogP) is 1.63. The van der Waals surface area contributed by atoms with E-state index in [-0.39, 0.29) is 22.8 Å². The van der Waals surface area contributed by atoms with Crippen molar-refractivity contribution in [2.75, 3.05) is 26.7 Å². The van der Waals surface area contributed by atoms with Gasteiger partial charge in [-0.2, -0.15) is 0 Å². The van der Waals surface area contributed by atoms with E-state index in [1.54, 1.807) is 11.0 Å². The number of carbonyl (C=O) groups is 1. The first-order valence-electron chi connectivity index (χ1n) is 7.73. The summed E-state index contributed by atoms with van der Waals surface area (Å²) in [6.07, 6.45) is 0. The summed E-state index contributed by atoms with van der Waals surface area (Å²) in [5.41, 5.74) is 0.905. The van der Waals surface area contributed by atoms with Gasteiger partial charge in [0.2, 0.25) is 5.09 Å². The zero-order valence-electron chi connectivity index (χ0n) is 13.5. The molecule has 1 aromatic carbocycles. The molecule has 1 amide bonds. The highest BCUT2D eigenvalue weighted by Gasteiger charge is 2.31. The normalized spacial score (nSPS) is 18.3. The zero-order chi connectivity index (χ0) is 18.0. The Hall–Kier alpha value is -1.87. The number of piperazine rings is 1. The SMILES string of the molecule is CNS(=O)(=O)c1ccc(C(=O)N2CCNCC2c2cccc(Cl)c2)o1. The maximum absolute atomic E-state index is 12.9. The number of carbonyl (C=O) groups excluding carboxylic acids is 1. The molecule has 1 aromatic heterocycles. The minimum absolute atomic E-state index is 0.0113. The molecule has 1 aliphatic heterocycles. The Kier molecular flexibility index (Phi) is 5.14. The van der Waals surface area contributed by atoms with Crippen molar-refractivity contribution in [3.8, 4) is 0 Å². The van der Waals surface area contributed by atoms with Crippen molar-refractivity contribution < 1.29 is 17.6 Å². The molecule has 1 fully saturated rings. The van der Waals surface area contributed by atoms with Gasteiger partial charge in [-0.15, -0.1) is 0 Å². The first-order valence-corrected chi connectivity index (χ1v) is 9.59. The molecule has 7 nitrogen and oxygen atoms in total. The summed E-state index contributed by atoms with van der Waals surface area (Å²) in [5, 5.41) is 3.56. The van der Waals surface area contributed by atoms with E-state index >= 15 is 0 Å². The molecular formula is C16H18ClN3O4S. The highest BCUT2D eigenvalue weighted by molar-refractivity contribution is 7.89. The molecular weight excluding hydrogens is 366 g/mol. The van der Waals surface area contributed by atoms with Crippen LogP contribution in [-0.4, -0.2) is 45.9 Å². The molecule has 0 bridgehead atoms. The summed E-state index contributed by atoms with van der Waals surface area (Å²) in [4.78, 5) is 14.5. The number of halogens is 1. The molecule has 1 unspecified atom stereocenters. The van der Waals surface area contributed by atoms with Crippen LogP contribution in [0.25, 0.3) is 0 Å². The Labute approximate surface area is 151 Å². The molecule has 1 saturated heterocycles. The van der Waals surface area contributed by atoms with Crippen molar-refractivity contribution >= 4 is 27.5 Å². The van der Waals surface area contributed by atoms with Gasteiger partial charge in [0.1, 0.15) is 0 Å². The summed E-state index contributed by atoms with van der Waals surface area (Å²) < 4.78 is 31.0. The maximum atomic E-state index is 12.9. The molecule has 2 heterocycles. The van der Waals surface area contributed by atoms with E-state index in [4.69, 9.17) is 16.0 Å². The first-order chi connectivity index (χ1) is 11.9. The van der Waals surface area contributed by atoms with Crippen LogP contribution in [0.2, 0.25) is 5.02 Å². The third-order valence-corrected chi connectivity index (χ3v) is 5.59. The van der Waals surface area contributed by atoms with Crippen LogP contribution in [0.1, 0.15) is 22.2 Å². The molecule has 0 aliphatic carbocycles. The second-order valence-corrected chi connectivity index (χ2v) is 7.85. The monoisotopic (exact) mass is 383 g/mol. The van der Waals surface area contributed by atoms with Gasteiger partial charge in [-0.1, -0.05) is 23.7 Å². The highest BCUT2D eigenvalue weighted by atomic mass is 35.5. The largest absolute Gasteiger partial charge is 0.438 e. The summed E-state index contributed by atoms with van der Waals surface area (Å²) in [7, 11) is -2.45. The summed E-state index contributed by atoms with van der Waals surface area (Å²) in [5.74, 6) is -0.369. The first kappa shape index (κ1) is 17.9. The summed E-state index contributed by atoms with van der Waals surface area (Å²) in [6.45, 7) is 1.70.